The topological polar surface area (TPSA) is 52.0 Å². The first-order valence-electron chi connectivity index (χ1n) is 5.78. The third-order valence-corrected chi connectivity index (χ3v) is 4.36. The maximum absolute atomic E-state index is 13.0. The van der Waals surface area contributed by atoms with Gasteiger partial charge in [-0.3, -0.25) is 0 Å². The average Bonchev–Trinajstić information content (AvgIpc) is 2.65. The van der Waals surface area contributed by atoms with Gasteiger partial charge in [0.1, 0.15) is 0 Å². The summed E-state index contributed by atoms with van der Waals surface area (Å²) in [6.45, 7) is 4.39. The van der Waals surface area contributed by atoms with Crippen molar-refractivity contribution in [2.24, 2.45) is 5.41 Å². The summed E-state index contributed by atoms with van der Waals surface area (Å²) in [5.74, 6) is 0. The van der Waals surface area contributed by atoms with Crippen molar-refractivity contribution in [2.75, 3.05) is 0 Å². The van der Waals surface area contributed by atoms with Crippen molar-refractivity contribution >= 4 is 10.2 Å². The zero-order valence-electron chi connectivity index (χ0n) is 10.1. The predicted octanol–water partition coefficient (Wildman–Crippen LogP) is 2.68. The largest absolute Gasteiger partial charge is 0.349 e. The van der Waals surface area contributed by atoms with Gasteiger partial charge >= 0.3 is 10.2 Å². The Morgan fingerprint density at radius 1 is 1.41 bits per heavy atom. The molecule has 1 aromatic rings. The van der Waals surface area contributed by atoms with Crippen molar-refractivity contribution < 1.29 is 12.3 Å². The van der Waals surface area contributed by atoms with Gasteiger partial charge in [-0.15, -0.1) is 0 Å². The van der Waals surface area contributed by atoms with Crippen LogP contribution in [0.4, 0.5) is 3.89 Å². The molecule has 0 radical (unpaired) electrons. The van der Waals surface area contributed by atoms with Crippen LogP contribution in [-0.4, -0.2) is 18.2 Å². The molecule has 6 heteroatoms. The highest BCUT2D eigenvalue weighted by Gasteiger charge is 2.31. The lowest BCUT2D eigenvalue weighted by atomic mass is 9.76. The Balaban J connectivity index is 2.23. The minimum Gasteiger partial charge on any atom is -0.249 e. The van der Waals surface area contributed by atoms with Gasteiger partial charge in [0, 0.05) is 0 Å². The minimum atomic E-state index is -4.67. The SMILES string of the molecule is CC1(C)CCC(n2nccc2S(=O)(=O)F)CC1. The van der Waals surface area contributed by atoms with E-state index < -0.39 is 10.2 Å². The Morgan fingerprint density at radius 2 is 2.00 bits per heavy atom. The maximum Gasteiger partial charge on any atom is 0.349 e. The summed E-state index contributed by atoms with van der Waals surface area (Å²) in [6, 6.07) is 1.22. The molecule has 4 nitrogen and oxygen atoms in total. The van der Waals surface area contributed by atoms with Crippen molar-refractivity contribution in [1.29, 1.82) is 0 Å². The molecule has 17 heavy (non-hydrogen) atoms. The molecule has 2 rings (SSSR count). The van der Waals surface area contributed by atoms with Crippen LogP contribution >= 0.6 is 0 Å². The Labute approximate surface area is 101 Å². The van der Waals surface area contributed by atoms with Gasteiger partial charge in [-0.1, -0.05) is 17.7 Å². The summed E-state index contributed by atoms with van der Waals surface area (Å²) in [5.41, 5.74) is 0.290. The second-order valence-corrected chi connectivity index (χ2v) is 6.74. The molecular formula is C11H17FN2O2S. The van der Waals surface area contributed by atoms with Gasteiger partial charge in [-0.05, 0) is 37.2 Å². The van der Waals surface area contributed by atoms with Crippen LogP contribution in [-0.2, 0) is 10.2 Å². The first-order valence-corrected chi connectivity index (χ1v) is 7.16. The number of hydrogen-bond donors (Lipinski definition) is 0. The number of aromatic nitrogens is 2. The molecule has 1 heterocycles. The molecule has 1 aromatic heterocycles. The molecule has 0 N–H and O–H groups in total. The molecule has 0 spiro atoms. The van der Waals surface area contributed by atoms with Gasteiger partial charge in [0.2, 0.25) is 0 Å². The van der Waals surface area contributed by atoms with Crippen LogP contribution in [0.1, 0.15) is 45.6 Å². The van der Waals surface area contributed by atoms with Crippen molar-refractivity contribution in [2.45, 2.75) is 50.6 Å². The lowest BCUT2D eigenvalue weighted by molar-refractivity contribution is 0.179. The summed E-state index contributed by atoms with van der Waals surface area (Å²) in [7, 11) is -4.67. The number of hydrogen-bond acceptors (Lipinski definition) is 3. The van der Waals surface area contributed by atoms with Gasteiger partial charge in [0.15, 0.2) is 5.03 Å². The van der Waals surface area contributed by atoms with Crippen molar-refractivity contribution in [1.82, 2.24) is 9.78 Å². The van der Waals surface area contributed by atoms with Gasteiger partial charge in [-0.2, -0.15) is 13.5 Å². The van der Waals surface area contributed by atoms with E-state index in [0.717, 1.165) is 25.7 Å². The third-order valence-electron chi connectivity index (χ3n) is 3.54. The molecule has 0 unspecified atom stereocenters. The lowest BCUT2D eigenvalue weighted by Gasteiger charge is -2.34. The third kappa shape index (κ3) is 2.68. The van der Waals surface area contributed by atoms with E-state index in [0.29, 0.717) is 5.41 Å². The second kappa shape index (κ2) is 4.08. The molecule has 1 fully saturated rings. The molecule has 0 bridgehead atoms. The van der Waals surface area contributed by atoms with Gasteiger partial charge in [0.25, 0.3) is 0 Å². The molecule has 0 aromatic carbocycles. The zero-order chi connectivity index (χ0) is 12.7. The van der Waals surface area contributed by atoms with Crippen molar-refractivity contribution in [3.63, 3.8) is 0 Å². The summed E-state index contributed by atoms with van der Waals surface area (Å²) < 4.78 is 36.3. The zero-order valence-corrected chi connectivity index (χ0v) is 10.9. The molecule has 0 saturated heterocycles. The second-order valence-electron chi connectivity index (χ2n) is 5.45. The summed E-state index contributed by atoms with van der Waals surface area (Å²) >= 11 is 0. The lowest BCUT2D eigenvalue weighted by Crippen LogP contribution is -2.25. The fourth-order valence-electron chi connectivity index (χ4n) is 2.40. The Kier molecular flexibility index (Phi) is 3.01. The highest BCUT2D eigenvalue weighted by Crippen LogP contribution is 2.40. The van der Waals surface area contributed by atoms with Crippen LogP contribution in [0.25, 0.3) is 0 Å². The van der Waals surface area contributed by atoms with E-state index in [1.54, 1.807) is 0 Å². The monoisotopic (exact) mass is 260 g/mol. The normalized spacial score (nSPS) is 21.6. The molecule has 1 aliphatic rings. The molecule has 0 atom stereocenters. The molecular weight excluding hydrogens is 243 g/mol. The fraction of sp³-hybridized carbons (Fsp3) is 0.727. The first kappa shape index (κ1) is 12.5. The van der Waals surface area contributed by atoms with E-state index in [1.807, 2.05) is 0 Å². The van der Waals surface area contributed by atoms with Crippen LogP contribution in [0.2, 0.25) is 0 Å². The van der Waals surface area contributed by atoms with E-state index in [9.17, 15) is 12.3 Å². The summed E-state index contributed by atoms with van der Waals surface area (Å²) in [6.07, 6.45) is 5.03. The molecule has 0 amide bonds. The van der Waals surface area contributed by atoms with Gasteiger partial charge in [-0.25, -0.2) is 4.68 Å². The van der Waals surface area contributed by atoms with Crippen LogP contribution in [0.5, 0.6) is 0 Å². The maximum atomic E-state index is 13.0. The Morgan fingerprint density at radius 3 is 2.53 bits per heavy atom. The highest BCUT2D eigenvalue weighted by molar-refractivity contribution is 7.86. The fourth-order valence-corrected chi connectivity index (χ4v) is 3.04. The molecule has 96 valence electrons. The van der Waals surface area contributed by atoms with Gasteiger partial charge in [0.05, 0.1) is 12.2 Å². The van der Waals surface area contributed by atoms with Crippen LogP contribution < -0.4 is 0 Å². The van der Waals surface area contributed by atoms with Gasteiger partial charge < -0.3 is 0 Å². The average molecular weight is 260 g/mol. The van der Waals surface area contributed by atoms with E-state index >= 15 is 0 Å². The first-order chi connectivity index (χ1) is 7.80. The standard InChI is InChI=1S/C11H17FN2O2S/c1-11(2)6-3-9(4-7-11)14-10(5-8-13-14)17(12,15)16/h5,8-9H,3-4,6-7H2,1-2H3. The van der Waals surface area contributed by atoms with E-state index in [4.69, 9.17) is 0 Å². The quantitative estimate of drug-likeness (QED) is 0.768. The predicted molar refractivity (Wildman–Crippen MR) is 61.8 cm³/mol. The van der Waals surface area contributed by atoms with Crippen LogP contribution in [0, 0.1) is 5.41 Å². The highest BCUT2D eigenvalue weighted by atomic mass is 32.3. The molecule has 1 aliphatic carbocycles. The minimum absolute atomic E-state index is 0.00134. The van der Waals surface area contributed by atoms with Crippen molar-refractivity contribution in [3.8, 4) is 0 Å². The smallest absolute Gasteiger partial charge is 0.249 e. The number of halogens is 1. The number of rotatable bonds is 2. The number of nitrogens with zero attached hydrogens (tertiary/aromatic N) is 2. The summed E-state index contributed by atoms with van der Waals surface area (Å²) in [4.78, 5) is 0. The Hall–Kier alpha value is -0.910. The summed E-state index contributed by atoms with van der Waals surface area (Å²) in [5, 5.41) is 3.63. The van der Waals surface area contributed by atoms with E-state index in [-0.39, 0.29) is 11.1 Å². The Bertz CT molecular complexity index is 497. The van der Waals surface area contributed by atoms with Crippen LogP contribution in [0.15, 0.2) is 17.3 Å². The van der Waals surface area contributed by atoms with Crippen LogP contribution in [0.3, 0.4) is 0 Å². The van der Waals surface area contributed by atoms with E-state index in [1.165, 1.54) is 16.9 Å². The van der Waals surface area contributed by atoms with Crippen molar-refractivity contribution in [3.05, 3.63) is 12.3 Å². The van der Waals surface area contributed by atoms with E-state index in [2.05, 4.69) is 18.9 Å². The molecule has 1 saturated carbocycles. The molecule has 0 aliphatic heterocycles.